The van der Waals surface area contributed by atoms with Crippen LogP contribution in [0.2, 0.25) is 0 Å². The monoisotopic (exact) mass is 416 g/mol. The van der Waals surface area contributed by atoms with Gasteiger partial charge in [0, 0.05) is 35.2 Å². The van der Waals surface area contributed by atoms with Crippen molar-refractivity contribution >= 4 is 40.5 Å². The van der Waals surface area contributed by atoms with E-state index in [-0.39, 0.29) is 24.3 Å². The van der Waals surface area contributed by atoms with Crippen LogP contribution in [0, 0.1) is 6.92 Å². The second-order valence-electron chi connectivity index (χ2n) is 7.06. The van der Waals surface area contributed by atoms with Crippen LogP contribution in [0.25, 0.3) is 0 Å². The number of hydrogen-bond donors (Lipinski definition) is 4. The van der Waals surface area contributed by atoms with Gasteiger partial charge in [0.15, 0.2) is 0 Å². The Morgan fingerprint density at radius 2 is 1.26 bits per heavy atom. The fourth-order valence-corrected chi connectivity index (χ4v) is 2.89. The summed E-state index contributed by atoms with van der Waals surface area (Å²) in [5, 5.41) is 11.3. The second-order valence-corrected chi connectivity index (χ2v) is 7.06. The van der Waals surface area contributed by atoms with E-state index in [0.29, 0.717) is 22.6 Å². The highest BCUT2D eigenvalue weighted by Gasteiger charge is 2.07. The Balaban J connectivity index is 1.48. The van der Waals surface area contributed by atoms with E-state index in [1.807, 2.05) is 25.1 Å². The molecule has 3 amide bonds. The summed E-state index contributed by atoms with van der Waals surface area (Å²) >= 11 is 0. The number of anilines is 4. The molecule has 158 valence electrons. The number of carbonyl (C=O) groups excluding carboxylic acids is 3. The van der Waals surface area contributed by atoms with Crippen molar-refractivity contribution in [1.29, 1.82) is 0 Å². The van der Waals surface area contributed by atoms with Crippen LogP contribution in [0.1, 0.15) is 22.8 Å². The summed E-state index contributed by atoms with van der Waals surface area (Å²) in [6.45, 7) is 3.46. The molecule has 7 nitrogen and oxygen atoms in total. The number of nitrogens with one attached hydrogen (secondary N) is 4. The highest BCUT2D eigenvalue weighted by atomic mass is 16.2. The van der Waals surface area contributed by atoms with Crippen LogP contribution in [0.3, 0.4) is 0 Å². The van der Waals surface area contributed by atoms with Crippen LogP contribution in [0.5, 0.6) is 0 Å². The molecule has 0 unspecified atom stereocenters. The molecule has 0 spiro atoms. The zero-order valence-corrected chi connectivity index (χ0v) is 17.4. The molecule has 0 bridgehead atoms. The largest absolute Gasteiger partial charge is 0.376 e. The SMILES string of the molecule is CC(=O)Nc1ccc(NC(=O)CNc2ccc(NC(=O)c3cccc(C)c3)cc2)cc1. The van der Waals surface area contributed by atoms with Crippen molar-refractivity contribution in [3.05, 3.63) is 83.9 Å². The van der Waals surface area contributed by atoms with Gasteiger partial charge in [0.25, 0.3) is 5.91 Å². The van der Waals surface area contributed by atoms with Gasteiger partial charge in [0.2, 0.25) is 11.8 Å². The van der Waals surface area contributed by atoms with Gasteiger partial charge < -0.3 is 21.3 Å². The fraction of sp³-hybridized carbons (Fsp3) is 0.125. The first-order chi connectivity index (χ1) is 14.9. The third-order valence-electron chi connectivity index (χ3n) is 4.37. The maximum absolute atomic E-state index is 12.3. The summed E-state index contributed by atoms with van der Waals surface area (Å²) in [7, 11) is 0. The van der Waals surface area contributed by atoms with Crippen molar-refractivity contribution in [3.63, 3.8) is 0 Å². The van der Waals surface area contributed by atoms with Gasteiger partial charge in [-0.2, -0.15) is 0 Å². The molecule has 7 heteroatoms. The van der Waals surface area contributed by atoms with Crippen molar-refractivity contribution in [2.24, 2.45) is 0 Å². The lowest BCUT2D eigenvalue weighted by Crippen LogP contribution is -2.21. The summed E-state index contributed by atoms with van der Waals surface area (Å²) < 4.78 is 0. The maximum atomic E-state index is 12.3. The van der Waals surface area contributed by atoms with Gasteiger partial charge in [0.05, 0.1) is 6.54 Å². The molecule has 0 saturated carbocycles. The summed E-state index contributed by atoms with van der Waals surface area (Å²) in [4.78, 5) is 35.5. The van der Waals surface area contributed by atoms with E-state index in [1.54, 1.807) is 54.6 Å². The van der Waals surface area contributed by atoms with E-state index in [9.17, 15) is 14.4 Å². The first kappa shape index (κ1) is 21.6. The quantitative estimate of drug-likeness (QED) is 0.463. The van der Waals surface area contributed by atoms with Crippen molar-refractivity contribution in [3.8, 4) is 0 Å². The molecule has 0 aliphatic heterocycles. The number of rotatable bonds is 7. The molecule has 0 aliphatic rings. The van der Waals surface area contributed by atoms with Crippen molar-refractivity contribution in [2.75, 3.05) is 27.8 Å². The molecule has 31 heavy (non-hydrogen) atoms. The highest BCUT2D eigenvalue weighted by Crippen LogP contribution is 2.16. The molecular weight excluding hydrogens is 392 g/mol. The van der Waals surface area contributed by atoms with E-state index in [1.165, 1.54) is 6.92 Å². The molecule has 0 aliphatic carbocycles. The normalized spacial score (nSPS) is 10.1. The van der Waals surface area contributed by atoms with Crippen molar-refractivity contribution in [2.45, 2.75) is 13.8 Å². The lowest BCUT2D eigenvalue weighted by atomic mass is 10.1. The summed E-state index contributed by atoms with van der Waals surface area (Å²) in [6, 6.07) is 21.4. The molecule has 0 fully saturated rings. The topological polar surface area (TPSA) is 99.3 Å². The number of amides is 3. The Morgan fingerprint density at radius 3 is 1.84 bits per heavy atom. The molecule has 0 radical (unpaired) electrons. The Labute approximate surface area is 180 Å². The average molecular weight is 416 g/mol. The van der Waals surface area contributed by atoms with Gasteiger partial charge in [-0.3, -0.25) is 14.4 Å². The summed E-state index contributed by atoms with van der Waals surface area (Å²) in [6.07, 6.45) is 0. The summed E-state index contributed by atoms with van der Waals surface area (Å²) in [5.41, 5.74) is 4.34. The lowest BCUT2D eigenvalue weighted by molar-refractivity contribution is -0.115. The van der Waals surface area contributed by atoms with Crippen LogP contribution in [0.4, 0.5) is 22.7 Å². The van der Waals surface area contributed by atoms with E-state index in [0.717, 1.165) is 11.3 Å². The molecule has 3 aromatic carbocycles. The van der Waals surface area contributed by atoms with Gasteiger partial charge in [-0.1, -0.05) is 17.7 Å². The predicted molar refractivity (Wildman–Crippen MR) is 123 cm³/mol. The third kappa shape index (κ3) is 6.71. The fourth-order valence-electron chi connectivity index (χ4n) is 2.89. The minimum Gasteiger partial charge on any atom is -0.376 e. The van der Waals surface area contributed by atoms with Gasteiger partial charge in [-0.25, -0.2) is 0 Å². The minimum atomic E-state index is -0.205. The van der Waals surface area contributed by atoms with Gasteiger partial charge in [-0.05, 0) is 67.6 Å². The molecule has 3 aromatic rings. The molecule has 4 N–H and O–H groups in total. The molecule has 0 saturated heterocycles. The van der Waals surface area contributed by atoms with Gasteiger partial charge in [-0.15, -0.1) is 0 Å². The summed E-state index contributed by atoms with van der Waals surface area (Å²) in [5.74, 6) is -0.529. The van der Waals surface area contributed by atoms with Gasteiger partial charge in [0.1, 0.15) is 0 Å². The first-order valence-corrected chi connectivity index (χ1v) is 9.78. The average Bonchev–Trinajstić information content (AvgIpc) is 2.74. The van der Waals surface area contributed by atoms with E-state index >= 15 is 0 Å². The first-order valence-electron chi connectivity index (χ1n) is 9.78. The lowest BCUT2D eigenvalue weighted by Gasteiger charge is -2.10. The third-order valence-corrected chi connectivity index (χ3v) is 4.37. The van der Waals surface area contributed by atoms with Crippen LogP contribution < -0.4 is 21.3 Å². The van der Waals surface area contributed by atoms with Crippen LogP contribution in [-0.2, 0) is 9.59 Å². The predicted octanol–water partition coefficient (Wildman–Crippen LogP) is 4.26. The standard InChI is InChI=1S/C24H24N4O3/c1-16-4-3-5-18(14-16)24(31)28-22-8-6-19(7-9-22)25-15-23(30)27-21-12-10-20(11-13-21)26-17(2)29/h3-14,25H,15H2,1-2H3,(H,26,29)(H,27,30)(H,28,31). The number of aryl methyl sites for hydroxylation is 1. The molecule has 0 atom stereocenters. The van der Waals surface area contributed by atoms with Crippen LogP contribution >= 0.6 is 0 Å². The molecule has 0 heterocycles. The van der Waals surface area contributed by atoms with Crippen LogP contribution in [0.15, 0.2) is 72.8 Å². The van der Waals surface area contributed by atoms with E-state index in [4.69, 9.17) is 0 Å². The number of carbonyl (C=O) groups is 3. The van der Waals surface area contributed by atoms with Crippen molar-refractivity contribution in [1.82, 2.24) is 0 Å². The Kier molecular flexibility index (Phi) is 7.01. The van der Waals surface area contributed by atoms with Crippen molar-refractivity contribution < 1.29 is 14.4 Å². The molecule has 3 rings (SSSR count). The zero-order chi connectivity index (χ0) is 22.2. The van der Waals surface area contributed by atoms with Gasteiger partial charge >= 0.3 is 0 Å². The zero-order valence-electron chi connectivity index (χ0n) is 17.4. The maximum Gasteiger partial charge on any atom is 0.255 e. The van der Waals surface area contributed by atoms with E-state index in [2.05, 4.69) is 21.3 Å². The Hall–Kier alpha value is -4.13. The smallest absolute Gasteiger partial charge is 0.255 e. The highest BCUT2D eigenvalue weighted by molar-refractivity contribution is 6.04. The second kappa shape index (κ2) is 10.1. The number of benzene rings is 3. The minimum absolute atomic E-state index is 0.0858. The van der Waals surface area contributed by atoms with Crippen LogP contribution in [-0.4, -0.2) is 24.3 Å². The molecular formula is C24H24N4O3. The Bertz CT molecular complexity index is 1080. The van der Waals surface area contributed by atoms with E-state index < -0.39 is 0 Å². The molecule has 0 aromatic heterocycles. The Morgan fingerprint density at radius 1 is 0.710 bits per heavy atom. The number of hydrogen-bond acceptors (Lipinski definition) is 4.